The van der Waals surface area contributed by atoms with Crippen molar-refractivity contribution in [1.82, 2.24) is 14.7 Å². The highest BCUT2D eigenvalue weighted by molar-refractivity contribution is 5.39. The molecule has 2 unspecified atom stereocenters. The first kappa shape index (κ1) is 16.0. The average molecular weight is 268 g/mol. The highest BCUT2D eigenvalue weighted by Gasteiger charge is 2.11. The van der Waals surface area contributed by atoms with E-state index in [9.17, 15) is 0 Å². The topological polar surface area (TPSA) is 42.3 Å². The van der Waals surface area contributed by atoms with Crippen LogP contribution in [0.1, 0.15) is 27.7 Å². The van der Waals surface area contributed by atoms with E-state index in [0.29, 0.717) is 0 Å². The van der Waals surface area contributed by atoms with Crippen LogP contribution in [0.5, 0.6) is 0 Å². The fraction of sp³-hybridized carbons (Fsp3) is 0.786. The summed E-state index contributed by atoms with van der Waals surface area (Å²) in [7, 11) is 1.73. The first-order chi connectivity index (χ1) is 9.10. The Morgan fingerprint density at radius 2 is 2.05 bits per heavy atom. The van der Waals surface area contributed by atoms with Crippen LogP contribution in [0.4, 0.5) is 5.69 Å². The number of ether oxygens (including phenoxy) is 1. The Morgan fingerprint density at radius 1 is 1.37 bits per heavy atom. The van der Waals surface area contributed by atoms with Crippen LogP contribution >= 0.6 is 0 Å². The van der Waals surface area contributed by atoms with Crippen LogP contribution in [0.15, 0.2) is 12.4 Å². The van der Waals surface area contributed by atoms with E-state index in [4.69, 9.17) is 4.74 Å². The summed E-state index contributed by atoms with van der Waals surface area (Å²) in [6, 6.07) is 0.269. The van der Waals surface area contributed by atoms with Crippen molar-refractivity contribution in [3.8, 4) is 0 Å². The van der Waals surface area contributed by atoms with Crippen molar-refractivity contribution in [2.24, 2.45) is 0 Å². The zero-order valence-electron chi connectivity index (χ0n) is 12.9. The smallest absolute Gasteiger partial charge is 0.0741 e. The summed E-state index contributed by atoms with van der Waals surface area (Å²) in [6.07, 6.45) is 4.11. The van der Waals surface area contributed by atoms with Crippen molar-refractivity contribution in [3.63, 3.8) is 0 Å². The molecule has 1 rings (SSSR count). The predicted octanol–water partition coefficient (Wildman–Crippen LogP) is 2.06. The molecule has 19 heavy (non-hydrogen) atoms. The van der Waals surface area contributed by atoms with Crippen molar-refractivity contribution in [3.05, 3.63) is 12.4 Å². The maximum atomic E-state index is 5.30. The summed E-state index contributed by atoms with van der Waals surface area (Å²) in [6.45, 7) is 12.7. The lowest BCUT2D eigenvalue weighted by Gasteiger charge is -2.20. The summed E-state index contributed by atoms with van der Waals surface area (Å²) in [5, 5.41) is 7.79. The van der Waals surface area contributed by atoms with Gasteiger partial charge in [0.2, 0.25) is 0 Å². The minimum atomic E-state index is 0.180. The van der Waals surface area contributed by atoms with Crippen molar-refractivity contribution >= 4 is 5.69 Å². The number of nitrogens with one attached hydrogen (secondary N) is 1. The van der Waals surface area contributed by atoms with Crippen molar-refractivity contribution < 1.29 is 4.74 Å². The molecule has 110 valence electrons. The van der Waals surface area contributed by atoms with Gasteiger partial charge in [0, 0.05) is 25.9 Å². The highest BCUT2D eigenvalue weighted by atomic mass is 16.5. The molecule has 2 atom stereocenters. The molecule has 1 aromatic heterocycles. The zero-order valence-corrected chi connectivity index (χ0v) is 12.9. The Kier molecular flexibility index (Phi) is 6.87. The third kappa shape index (κ3) is 5.20. The molecule has 1 N–H and O–H groups in total. The molecular formula is C14H28N4O. The van der Waals surface area contributed by atoms with Crippen molar-refractivity contribution in [2.75, 3.05) is 32.1 Å². The van der Waals surface area contributed by atoms with Gasteiger partial charge in [0.25, 0.3) is 0 Å². The van der Waals surface area contributed by atoms with Gasteiger partial charge in [-0.1, -0.05) is 13.8 Å². The first-order valence-corrected chi connectivity index (χ1v) is 7.14. The predicted molar refractivity (Wildman–Crippen MR) is 79.6 cm³/mol. The maximum Gasteiger partial charge on any atom is 0.0741 e. The lowest BCUT2D eigenvalue weighted by molar-refractivity contribution is 0.106. The average Bonchev–Trinajstić information content (AvgIpc) is 2.86. The lowest BCUT2D eigenvalue weighted by atomic mass is 10.2. The number of rotatable bonds is 9. The highest BCUT2D eigenvalue weighted by Crippen LogP contribution is 2.09. The van der Waals surface area contributed by atoms with E-state index in [-0.39, 0.29) is 12.1 Å². The molecule has 0 aromatic carbocycles. The largest absolute Gasteiger partial charge is 0.380 e. The van der Waals surface area contributed by atoms with Crippen molar-refractivity contribution in [2.45, 2.75) is 46.4 Å². The molecule has 5 nitrogen and oxygen atoms in total. The van der Waals surface area contributed by atoms with E-state index in [1.807, 2.05) is 10.9 Å². The molecule has 0 aliphatic heterocycles. The zero-order chi connectivity index (χ0) is 14.3. The monoisotopic (exact) mass is 268 g/mol. The summed E-state index contributed by atoms with van der Waals surface area (Å²) < 4.78 is 7.29. The number of hydrogen-bond acceptors (Lipinski definition) is 4. The number of methoxy groups -OCH3 is 1. The van der Waals surface area contributed by atoms with Crippen LogP contribution in [0.25, 0.3) is 0 Å². The van der Waals surface area contributed by atoms with Crippen molar-refractivity contribution in [1.29, 1.82) is 0 Å². The number of anilines is 1. The molecule has 0 amide bonds. The molecule has 0 fully saturated rings. The van der Waals surface area contributed by atoms with Gasteiger partial charge in [0.15, 0.2) is 0 Å². The van der Waals surface area contributed by atoms with Gasteiger partial charge in [-0.3, -0.25) is 4.68 Å². The van der Waals surface area contributed by atoms with Crippen LogP contribution in [0, 0.1) is 0 Å². The summed E-state index contributed by atoms with van der Waals surface area (Å²) in [5.41, 5.74) is 1.05. The molecule has 0 saturated heterocycles. The van der Waals surface area contributed by atoms with Crippen LogP contribution in [-0.4, -0.2) is 53.6 Å². The Morgan fingerprint density at radius 3 is 2.63 bits per heavy atom. The maximum absolute atomic E-state index is 5.30. The second-order valence-electron chi connectivity index (χ2n) is 4.89. The van der Waals surface area contributed by atoms with Gasteiger partial charge in [-0.15, -0.1) is 0 Å². The number of nitrogens with zero attached hydrogens (tertiary/aromatic N) is 3. The van der Waals surface area contributed by atoms with E-state index in [2.05, 4.69) is 49.2 Å². The molecule has 0 aliphatic carbocycles. The molecule has 0 bridgehead atoms. The second kappa shape index (κ2) is 8.17. The van der Waals surface area contributed by atoms with E-state index in [1.165, 1.54) is 0 Å². The SMILES string of the molecule is CCN(CC)CCn1cc(NC(C)C(C)OC)cn1. The van der Waals surface area contributed by atoms with E-state index in [0.717, 1.165) is 31.9 Å². The number of aromatic nitrogens is 2. The summed E-state index contributed by atoms with van der Waals surface area (Å²) >= 11 is 0. The summed E-state index contributed by atoms with van der Waals surface area (Å²) in [4.78, 5) is 2.39. The Hall–Kier alpha value is -1.07. The van der Waals surface area contributed by atoms with Gasteiger partial charge >= 0.3 is 0 Å². The second-order valence-corrected chi connectivity index (χ2v) is 4.89. The van der Waals surface area contributed by atoms with Gasteiger partial charge in [-0.2, -0.15) is 5.10 Å². The van der Waals surface area contributed by atoms with Gasteiger partial charge < -0.3 is 15.0 Å². The lowest BCUT2D eigenvalue weighted by Crippen LogP contribution is -2.29. The third-order valence-corrected chi connectivity index (χ3v) is 3.64. The van der Waals surface area contributed by atoms with Gasteiger partial charge in [-0.05, 0) is 26.9 Å². The fourth-order valence-corrected chi connectivity index (χ4v) is 1.93. The van der Waals surface area contributed by atoms with Crippen LogP contribution in [0.2, 0.25) is 0 Å². The Labute approximate surface area is 116 Å². The molecule has 1 aromatic rings. The number of likely N-dealkylation sites (N-methyl/N-ethyl adjacent to an activating group) is 1. The molecule has 0 spiro atoms. The Bertz CT molecular complexity index is 349. The minimum absolute atomic E-state index is 0.180. The molecule has 0 saturated carbocycles. The minimum Gasteiger partial charge on any atom is -0.380 e. The van der Waals surface area contributed by atoms with E-state index >= 15 is 0 Å². The molecule has 1 heterocycles. The summed E-state index contributed by atoms with van der Waals surface area (Å²) in [5.74, 6) is 0. The molecule has 5 heteroatoms. The fourth-order valence-electron chi connectivity index (χ4n) is 1.93. The normalized spacial score (nSPS) is 14.6. The molecule has 0 radical (unpaired) electrons. The molecule has 0 aliphatic rings. The standard InChI is InChI=1S/C14H28N4O/c1-6-17(7-2)8-9-18-11-14(10-15-18)16-12(3)13(4)19-5/h10-13,16H,6-9H2,1-5H3. The van der Waals surface area contributed by atoms with Crippen LogP contribution < -0.4 is 5.32 Å². The van der Waals surface area contributed by atoms with Crippen LogP contribution in [-0.2, 0) is 11.3 Å². The quantitative estimate of drug-likeness (QED) is 0.744. The third-order valence-electron chi connectivity index (χ3n) is 3.64. The van der Waals surface area contributed by atoms with Gasteiger partial charge in [-0.25, -0.2) is 0 Å². The Balaban J connectivity index is 2.44. The van der Waals surface area contributed by atoms with Gasteiger partial charge in [0.1, 0.15) is 0 Å². The van der Waals surface area contributed by atoms with E-state index < -0.39 is 0 Å². The first-order valence-electron chi connectivity index (χ1n) is 7.14. The number of hydrogen-bond donors (Lipinski definition) is 1. The van der Waals surface area contributed by atoms with Crippen LogP contribution in [0.3, 0.4) is 0 Å². The van der Waals surface area contributed by atoms with E-state index in [1.54, 1.807) is 7.11 Å². The molecular weight excluding hydrogens is 240 g/mol. The van der Waals surface area contributed by atoms with Gasteiger partial charge in [0.05, 0.1) is 24.5 Å².